The van der Waals surface area contributed by atoms with Crippen molar-refractivity contribution in [2.24, 2.45) is 0 Å². The molecule has 0 saturated heterocycles. The third kappa shape index (κ3) is 4.60. The maximum Gasteiger partial charge on any atom is -0.0149 e. The molecule has 0 nitrogen and oxygen atoms in total. The van der Waals surface area contributed by atoms with E-state index >= 15 is 0 Å². The van der Waals surface area contributed by atoms with E-state index in [1.807, 2.05) is 0 Å². The molecule has 0 fully saturated rings. The van der Waals surface area contributed by atoms with Crippen molar-refractivity contribution in [3.05, 3.63) is 47.0 Å². The molecule has 2 aromatic rings. The minimum absolute atomic E-state index is 1.24. The molecule has 0 radical (unpaired) electrons. The summed E-state index contributed by atoms with van der Waals surface area (Å²) in [5.74, 6) is 0. The molecular formula is C22H32. The maximum absolute atomic E-state index is 2.34. The van der Waals surface area contributed by atoms with E-state index in [1.54, 1.807) is 5.56 Å². The lowest BCUT2D eigenvalue weighted by atomic mass is 9.92. The summed E-state index contributed by atoms with van der Waals surface area (Å²) >= 11 is 0. The van der Waals surface area contributed by atoms with Crippen LogP contribution < -0.4 is 0 Å². The van der Waals surface area contributed by atoms with E-state index in [9.17, 15) is 0 Å². The average molecular weight is 296 g/mol. The van der Waals surface area contributed by atoms with Crippen LogP contribution in [0.2, 0.25) is 0 Å². The predicted molar refractivity (Wildman–Crippen MR) is 99.7 cm³/mol. The largest absolute Gasteiger partial charge is 0.0654 e. The second kappa shape index (κ2) is 8.98. The first-order chi connectivity index (χ1) is 10.7. The van der Waals surface area contributed by atoms with Crippen molar-refractivity contribution < 1.29 is 0 Å². The topological polar surface area (TPSA) is 0 Å². The lowest BCUT2D eigenvalue weighted by molar-refractivity contribution is 0.575. The highest BCUT2D eigenvalue weighted by Gasteiger charge is 2.07. The van der Waals surface area contributed by atoms with Gasteiger partial charge in [0.05, 0.1) is 0 Å². The van der Waals surface area contributed by atoms with E-state index in [2.05, 4.69) is 51.1 Å². The summed E-state index contributed by atoms with van der Waals surface area (Å²) in [6.07, 6.45) is 12.4. The quantitative estimate of drug-likeness (QED) is 0.431. The zero-order valence-corrected chi connectivity index (χ0v) is 14.8. The molecule has 0 atom stereocenters. The molecule has 0 bridgehead atoms. The fourth-order valence-electron chi connectivity index (χ4n) is 3.44. The van der Waals surface area contributed by atoms with Crippen LogP contribution >= 0.6 is 0 Å². The number of rotatable bonds is 9. The Morgan fingerprint density at radius 1 is 0.773 bits per heavy atom. The van der Waals surface area contributed by atoms with Gasteiger partial charge in [-0.05, 0) is 54.2 Å². The van der Waals surface area contributed by atoms with Crippen LogP contribution in [-0.4, -0.2) is 0 Å². The van der Waals surface area contributed by atoms with E-state index in [0.717, 1.165) is 0 Å². The fraction of sp³-hybridized carbons (Fsp3) is 0.545. The molecule has 2 rings (SSSR count). The lowest BCUT2D eigenvalue weighted by Crippen LogP contribution is -1.95. The van der Waals surface area contributed by atoms with E-state index < -0.39 is 0 Å². The van der Waals surface area contributed by atoms with Crippen molar-refractivity contribution in [3.8, 4) is 0 Å². The summed E-state index contributed by atoms with van der Waals surface area (Å²) in [6.45, 7) is 6.83. The smallest absolute Gasteiger partial charge is 0.0149 e. The Hall–Kier alpha value is -1.30. The molecule has 0 aliphatic carbocycles. The first-order valence-electron chi connectivity index (χ1n) is 9.22. The van der Waals surface area contributed by atoms with Crippen molar-refractivity contribution >= 4 is 10.8 Å². The highest BCUT2D eigenvalue weighted by atomic mass is 14.1. The SMILES string of the molecule is CCCCCCCCCCc1c(C)c(C)cc2ccccc12. The van der Waals surface area contributed by atoms with Gasteiger partial charge in [-0.1, -0.05) is 82.2 Å². The van der Waals surface area contributed by atoms with Gasteiger partial charge in [0.1, 0.15) is 0 Å². The molecule has 120 valence electrons. The lowest BCUT2D eigenvalue weighted by Gasteiger charge is -2.13. The second-order valence-electron chi connectivity index (χ2n) is 6.74. The van der Waals surface area contributed by atoms with Gasteiger partial charge in [-0.2, -0.15) is 0 Å². The molecule has 0 unspecified atom stereocenters. The van der Waals surface area contributed by atoms with E-state index in [4.69, 9.17) is 0 Å². The standard InChI is InChI=1S/C22H32/c1-4-5-6-7-8-9-10-11-15-21-19(3)18(2)17-20-14-12-13-16-22(20)21/h12-14,16-17H,4-11,15H2,1-3H3. The molecule has 22 heavy (non-hydrogen) atoms. The Morgan fingerprint density at radius 2 is 1.41 bits per heavy atom. The minimum atomic E-state index is 1.24. The van der Waals surface area contributed by atoms with Gasteiger partial charge in [0.2, 0.25) is 0 Å². The molecule has 0 heterocycles. The second-order valence-corrected chi connectivity index (χ2v) is 6.74. The van der Waals surface area contributed by atoms with Gasteiger partial charge in [0.15, 0.2) is 0 Å². The molecular weight excluding hydrogens is 264 g/mol. The molecule has 0 aromatic heterocycles. The Labute approximate surface area is 136 Å². The zero-order chi connectivity index (χ0) is 15.8. The minimum Gasteiger partial charge on any atom is -0.0654 e. The number of aryl methyl sites for hydroxylation is 2. The van der Waals surface area contributed by atoms with Crippen LogP contribution in [0.3, 0.4) is 0 Å². The van der Waals surface area contributed by atoms with Crippen LogP contribution in [0, 0.1) is 13.8 Å². The highest BCUT2D eigenvalue weighted by molar-refractivity contribution is 5.87. The van der Waals surface area contributed by atoms with Crippen LogP contribution in [0.1, 0.15) is 75.0 Å². The summed E-state index contributed by atoms with van der Waals surface area (Å²) in [5, 5.41) is 2.87. The van der Waals surface area contributed by atoms with Crippen LogP contribution in [-0.2, 0) is 6.42 Å². The molecule has 0 heteroatoms. The van der Waals surface area contributed by atoms with Gasteiger partial charge in [0, 0.05) is 0 Å². The van der Waals surface area contributed by atoms with Crippen LogP contribution in [0.25, 0.3) is 10.8 Å². The van der Waals surface area contributed by atoms with Gasteiger partial charge in [-0.15, -0.1) is 0 Å². The van der Waals surface area contributed by atoms with Gasteiger partial charge in [0.25, 0.3) is 0 Å². The third-order valence-electron chi connectivity index (χ3n) is 4.98. The highest BCUT2D eigenvalue weighted by Crippen LogP contribution is 2.27. The van der Waals surface area contributed by atoms with Crippen molar-refractivity contribution in [3.63, 3.8) is 0 Å². The Bertz CT molecular complexity index is 580. The van der Waals surface area contributed by atoms with Gasteiger partial charge in [-0.3, -0.25) is 0 Å². The number of benzene rings is 2. The van der Waals surface area contributed by atoms with Gasteiger partial charge >= 0.3 is 0 Å². The van der Waals surface area contributed by atoms with Crippen LogP contribution in [0.15, 0.2) is 30.3 Å². The molecule has 0 aliphatic heterocycles. The summed E-state index contributed by atoms with van der Waals surface area (Å²) in [5.41, 5.74) is 4.52. The number of hydrogen-bond acceptors (Lipinski definition) is 0. The third-order valence-corrected chi connectivity index (χ3v) is 4.98. The normalized spacial score (nSPS) is 11.2. The van der Waals surface area contributed by atoms with Crippen molar-refractivity contribution in [1.82, 2.24) is 0 Å². The summed E-state index contributed by atoms with van der Waals surface area (Å²) in [6, 6.07) is 11.2. The van der Waals surface area contributed by atoms with E-state index in [1.165, 1.54) is 79.7 Å². The molecule has 0 N–H and O–H groups in total. The van der Waals surface area contributed by atoms with Crippen LogP contribution in [0.4, 0.5) is 0 Å². The first kappa shape index (κ1) is 17.1. The Morgan fingerprint density at radius 3 is 2.14 bits per heavy atom. The fourth-order valence-corrected chi connectivity index (χ4v) is 3.44. The Kier molecular flexibility index (Phi) is 6.96. The molecule has 0 spiro atoms. The summed E-state index contributed by atoms with van der Waals surface area (Å²) < 4.78 is 0. The maximum atomic E-state index is 2.34. The van der Waals surface area contributed by atoms with E-state index in [-0.39, 0.29) is 0 Å². The Balaban J connectivity index is 1.87. The molecule has 0 saturated carbocycles. The zero-order valence-electron chi connectivity index (χ0n) is 14.8. The number of fused-ring (bicyclic) bond motifs is 1. The average Bonchev–Trinajstić information content (AvgIpc) is 2.53. The summed E-state index contributed by atoms with van der Waals surface area (Å²) in [4.78, 5) is 0. The van der Waals surface area contributed by atoms with Crippen molar-refractivity contribution in [2.75, 3.05) is 0 Å². The van der Waals surface area contributed by atoms with Gasteiger partial charge in [-0.25, -0.2) is 0 Å². The van der Waals surface area contributed by atoms with E-state index in [0.29, 0.717) is 0 Å². The molecule has 2 aromatic carbocycles. The van der Waals surface area contributed by atoms with Crippen LogP contribution in [0.5, 0.6) is 0 Å². The van der Waals surface area contributed by atoms with Crippen molar-refractivity contribution in [1.29, 1.82) is 0 Å². The monoisotopic (exact) mass is 296 g/mol. The first-order valence-corrected chi connectivity index (χ1v) is 9.22. The molecule has 0 aliphatic rings. The van der Waals surface area contributed by atoms with Crippen molar-refractivity contribution in [2.45, 2.75) is 78.6 Å². The number of hydrogen-bond donors (Lipinski definition) is 0. The predicted octanol–water partition coefficient (Wildman–Crippen LogP) is 7.14. The molecule has 0 amide bonds. The summed E-state index contributed by atoms with van der Waals surface area (Å²) in [7, 11) is 0. The van der Waals surface area contributed by atoms with Gasteiger partial charge < -0.3 is 0 Å². The number of unbranched alkanes of at least 4 members (excludes halogenated alkanes) is 7.